The zero-order valence-corrected chi connectivity index (χ0v) is 11.0. The lowest BCUT2D eigenvalue weighted by Gasteiger charge is -2.19. The number of allylic oxidation sites excluding steroid dienone is 1. The number of rotatable bonds is 6. The predicted molar refractivity (Wildman–Crippen MR) is 72.3 cm³/mol. The van der Waals surface area contributed by atoms with E-state index in [-0.39, 0.29) is 6.04 Å². The number of halogens is 2. The van der Waals surface area contributed by atoms with Crippen LogP contribution < -0.4 is 5.32 Å². The van der Waals surface area contributed by atoms with Crippen molar-refractivity contribution in [3.8, 4) is 0 Å². The maximum atomic E-state index is 6.20. The topological polar surface area (TPSA) is 12.0 Å². The van der Waals surface area contributed by atoms with Gasteiger partial charge in [-0.2, -0.15) is 0 Å². The van der Waals surface area contributed by atoms with Crippen LogP contribution in [0.25, 0.3) is 0 Å². The van der Waals surface area contributed by atoms with Crippen molar-refractivity contribution in [2.24, 2.45) is 0 Å². The highest BCUT2D eigenvalue weighted by molar-refractivity contribution is 6.42. The minimum atomic E-state index is 0.245. The van der Waals surface area contributed by atoms with E-state index in [2.05, 4.69) is 18.8 Å². The minimum absolute atomic E-state index is 0.245. The molecule has 0 saturated carbocycles. The summed E-state index contributed by atoms with van der Waals surface area (Å²) in [6.45, 7) is 6.73. The van der Waals surface area contributed by atoms with Gasteiger partial charge in [-0.05, 0) is 31.0 Å². The average Bonchev–Trinajstić information content (AvgIpc) is 2.28. The van der Waals surface area contributed by atoms with Crippen LogP contribution in [0.4, 0.5) is 0 Å². The van der Waals surface area contributed by atoms with Crippen molar-refractivity contribution in [3.05, 3.63) is 46.5 Å². The van der Waals surface area contributed by atoms with Gasteiger partial charge < -0.3 is 5.32 Å². The van der Waals surface area contributed by atoms with Crippen molar-refractivity contribution in [1.29, 1.82) is 0 Å². The molecule has 0 amide bonds. The van der Waals surface area contributed by atoms with E-state index in [1.165, 1.54) is 0 Å². The van der Waals surface area contributed by atoms with E-state index in [4.69, 9.17) is 23.2 Å². The van der Waals surface area contributed by atoms with Crippen molar-refractivity contribution in [2.75, 3.05) is 6.54 Å². The van der Waals surface area contributed by atoms with E-state index in [0.717, 1.165) is 24.9 Å². The third-order valence-corrected chi connectivity index (χ3v) is 3.30. The summed E-state index contributed by atoms with van der Waals surface area (Å²) in [6.07, 6.45) is 3.86. The van der Waals surface area contributed by atoms with Gasteiger partial charge in [0.15, 0.2) is 0 Å². The van der Waals surface area contributed by atoms with Gasteiger partial charge in [-0.3, -0.25) is 0 Å². The van der Waals surface area contributed by atoms with Crippen LogP contribution >= 0.6 is 23.2 Å². The Morgan fingerprint density at radius 2 is 2.19 bits per heavy atom. The first kappa shape index (κ1) is 13.6. The van der Waals surface area contributed by atoms with E-state index in [0.29, 0.717) is 10.0 Å². The van der Waals surface area contributed by atoms with Crippen LogP contribution in [0.15, 0.2) is 30.9 Å². The Kier molecular flexibility index (Phi) is 5.89. The molecule has 16 heavy (non-hydrogen) atoms. The van der Waals surface area contributed by atoms with Crippen molar-refractivity contribution in [1.82, 2.24) is 5.32 Å². The summed E-state index contributed by atoms with van der Waals surface area (Å²) in [5, 5.41) is 4.67. The summed E-state index contributed by atoms with van der Waals surface area (Å²) < 4.78 is 0. The van der Waals surface area contributed by atoms with Crippen LogP contribution in [0.2, 0.25) is 10.0 Å². The quantitative estimate of drug-likeness (QED) is 0.734. The fraction of sp³-hybridized carbons (Fsp3) is 0.385. The molecule has 0 saturated heterocycles. The smallest absolute Gasteiger partial charge is 0.0640 e. The molecule has 1 aromatic carbocycles. The van der Waals surface area contributed by atoms with Gasteiger partial charge in [0, 0.05) is 6.04 Å². The zero-order chi connectivity index (χ0) is 12.0. The van der Waals surface area contributed by atoms with E-state index < -0.39 is 0 Å². The van der Waals surface area contributed by atoms with Gasteiger partial charge in [-0.15, -0.1) is 6.58 Å². The molecular weight excluding hydrogens is 241 g/mol. The van der Waals surface area contributed by atoms with E-state index in [9.17, 15) is 0 Å². The Balaban J connectivity index is 2.90. The Bertz CT molecular complexity index is 350. The predicted octanol–water partition coefficient (Wildman–Crippen LogP) is 4.61. The molecule has 0 aliphatic rings. The molecule has 1 rings (SSSR count). The summed E-state index contributed by atoms with van der Waals surface area (Å²) >= 11 is 12.2. The lowest BCUT2D eigenvalue weighted by molar-refractivity contribution is 0.520. The molecule has 0 aliphatic heterocycles. The summed E-state index contributed by atoms with van der Waals surface area (Å²) in [4.78, 5) is 0. The number of benzene rings is 1. The first-order valence-corrected chi connectivity index (χ1v) is 6.24. The van der Waals surface area contributed by atoms with Crippen molar-refractivity contribution in [2.45, 2.75) is 25.8 Å². The van der Waals surface area contributed by atoms with Gasteiger partial charge in [-0.1, -0.05) is 48.3 Å². The molecule has 0 bridgehead atoms. The van der Waals surface area contributed by atoms with Crippen LogP contribution in [0.3, 0.4) is 0 Å². The third-order valence-electron chi connectivity index (χ3n) is 2.47. The van der Waals surface area contributed by atoms with Crippen molar-refractivity contribution < 1.29 is 0 Å². The van der Waals surface area contributed by atoms with Gasteiger partial charge in [-0.25, -0.2) is 0 Å². The first-order chi connectivity index (χ1) is 7.70. The maximum Gasteiger partial charge on any atom is 0.0640 e. The summed E-state index contributed by atoms with van der Waals surface area (Å²) in [5.74, 6) is 0. The zero-order valence-electron chi connectivity index (χ0n) is 9.47. The van der Waals surface area contributed by atoms with Crippen molar-refractivity contribution >= 4 is 23.2 Å². The number of nitrogens with one attached hydrogen (secondary N) is 1. The molecule has 0 aliphatic carbocycles. The van der Waals surface area contributed by atoms with E-state index in [1.54, 1.807) is 0 Å². The average molecular weight is 258 g/mol. The minimum Gasteiger partial charge on any atom is -0.310 e. The monoisotopic (exact) mass is 257 g/mol. The summed E-state index contributed by atoms with van der Waals surface area (Å²) in [5.41, 5.74) is 1.07. The summed E-state index contributed by atoms with van der Waals surface area (Å²) in [6, 6.07) is 6.00. The van der Waals surface area contributed by atoms with Crippen LogP contribution in [0, 0.1) is 0 Å². The van der Waals surface area contributed by atoms with Gasteiger partial charge in [0.25, 0.3) is 0 Å². The van der Waals surface area contributed by atoms with Gasteiger partial charge >= 0.3 is 0 Å². The molecule has 0 heterocycles. The molecule has 1 N–H and O–H groups in total. The lowest BCUT2D eigenvalue weighted by Crippen LogP contribution is -2.21. The molecule has 1 atom stereocenters. The Morgan fingerprint density at radius 3 is 2.81 bits per heavy atom. The van der Waals surface area contributed by atoms with Gasteiger partial charge in [0.2, 0.25) is 0 Å². The highest BCUT2D eigenvalue weighted by Crippen LogP contribution is 2.31. The molecule has 0 aromatic heterocycles. The second kappa shape index (κ2) is 6.95. The van der Waals surface area contributed by atoms with Crippen LogP contribution in [-0.4, -0.2) is 6.54 Å². The highest BCUT2D eigenvalue weighted by atomic mass is 35.5. The Hall–Kier alpha value is -0.500. The molecule has 0 fully saturated rings. The second-order valence-electron chi connectivity index (χ2n) is 3.62. The lowest BCUT2D eigenvalue weighted by atomic mass is 10.0. The van der Waals surface area contributed by atoms with Crippen LogP contribution in [0.5, 0.6) is 0 Å². The second-order valence-corrected chi connectivity index (χ2v) is 4.40. The van der Waals surface area contributed by atoms with Gasteiger partial charge in [0.05, 0.1) is 10.0 Å². The molecule has 1 unspecified atom stereocenters. The molecule has 1 aromatic rings. The van der Waals surface area contributed by atoms with E-state index >= 15 is 0 Å². The van der Waals surface area contributed by atoms with Crippen molar-refractivity contribution in [3.63, 3.8) is 0 Å². The maximum absolute atomic E-state index is 6.20. The van der Waals surface area contributed by atoms with Gasteiger partial charge in [0.1, 0.15) is 0 Å². The fourth-order valence-corrected chi connectivity index (χ4v) is 2.13. The van der Waals surface area contributed by atoms with Crippen LogP contribution in [0.1, 0.15) is 31.4 Å². The molecule has 88 valence electrons. The van der Waals surface area contributed by atoms with Crippen LogP contribution in [-0.2, 0) is 0 Å². The fourth-order valence-electron chi connectivity index (χ4n) is 1.69. The number of hydrogen-bond acceptors (Lipinski definition) is 1. The largest absolute Gasteiger partial charge is 0.310 e. The standard InChI is InChI=1S/C13H17Cl2N/c1-3-5-9-12(16-4-2)10-7-6-8-11(14)13(10)15/h3,6-8,12,16H,1,4-5,9H2,2H3. The molecule has 0 radical (unpaired) electrons. The number of hydrogen-bond donors (Lipinski definition) is 1. The Labute approximate surface area is 107 Å². The highest BCUT2D eigenvalue weighted by Gasteiger charge is 2.14. The first-order valence-electron chi connectivity index (χ1n) is 5.48. The molecule has 1 nitrogen and oxygen atoms in total. The normalized spacial score (nSPS) is 12.4. The van der Waals surface area contributed by atoms with E-state index in [1.807, 2.05) is 24.3 Å². The molecule has 0 spiro atoms. The molecular formula is C13H17Cl2N. The Morgan fingerprint density at radius 1 is 1.44 bits per heavy atom. The SMILES string of the molecule is C=CCCC(NCC)c1cccc(Cl)c1Cl. The third kappa shape index (κ3) is 3.51. The molecule has 3 heteroatoms. The summed E-state index contributed by atoms with van der Waals surface area (Å²) in [7, 11) is 0.